The van der Waals surface area contributed by atoms with E-state index in [0.29, 0.717) is 5.75 Å². The van der Waals surface area contributed by atoms with Crippen LogP contribution in [-0.4, -0.2) is 45.9 Å². The predicted molar refractivity (Wildman–Crippen MR) is 76.6 cm³/mol. The third kappa shape index (κ3) is 4.73. The molecule has 1 amide bonds. The average molecular weight is 298 g/mol. The number of carboxylic acid groups (broad SMARTS) is 1. The average Bonchev–Trinajstić information content (AvgIpc) is 2.69. The Balaban J connectivity index is 2.49. The highest BCUT2D eigenvalue weighted by atomic mass is 32.2. The molecule has 110 valence electrons. The van der Waals surface area contributed by atoms with Gasteiger partial charge in [0.05, 0.1) is 11.4 Å². The van der Waals surface area contributed by atoms with Crippen LogP contribution in [0.1, 0.15) is 17.0 Å². The molecule has 0 spiro atoms. The molecule has 1 aromatic rings. The minimum absolute atomic E-state index is 0.213. The number of aryl methyl sites for hydroxylation is 2. The van der Waals surface area contributed by atoms with E-state index in [0.717, 1.165) is 17.0 Å². The monoisotopic (exact) mass is 298 g/mol. The summed E-state index contributed by atoms with van der Waals surface area (Å²) < 4.78 is 5.04. The Kier molecular flexibility index (Phi) is 6.30. The standard InChI is InChI=1S/C13H18N2O4S/c1-4-5-15(6-13(17)18)12(16)8-20-7-11-9(2)14-19-10(11)3/h4H,1,5-8H2,2-3H3,(H,17,18). The maximum absolute atomic E-state index is 11.9. The SMILES string of the molecule is C=CCN(CC(=O)O)C(=O)CSCc1c(C)noc1C. The topological polar surface area (TPSA) is 83.6 Å². The van der Waals surface area contributed by atoms with Gasteiger partial charge in [0.15, 0.2) is 0 Å². The van der Waals surface area contributed by atoms with Crippen molar-refractivity contribution in [1.29, 1.82) is 0 Å². The Morgan fingerprint density at radius 1 is 1.50 bits per heavy atom. The van der Waals surface area contributed by atoms with Crippen molar-refractivity contribution in [2.24, 2.45) is 0 Å². The van der Waals surface area contributed by atoms with Gasteiger partial charge >= 0.3 is 5.97 Å². The van der Waals surface area contributed by atoms with Crippen molar-refractivity contribution in [3.63, 3.8) is 0 Å². The van der Waals surface area contributed by atoms with Gasteiger partial charge in [-0.3, -0.25) is 9.59 Å². The number of carbonyl (C=O) groups is 2. The molecule has 0 saturated heterocycles. The van der Waals surface area contributed by atoms with Crippen LogP contribution in [0.5, 0.6) is 0 Å². The molecular weight excluding hydrogens is 280 g/mol. The minimum Gasteiger partial charge on any atom is -0.480 e. The van der Waals surface area contributed by atoms with E-state index >= 15 is 0 Å². The molecule has 0 aromatic carbocycles. The van der Waals surface area contributed by atoms with E-state index in [-0.39, 0.29) is 24.7 Å². The predicted octanol–water partition coefficient (Wildman–Crippen LogP) is 1.62. The van der Waals surface area contributed by atoms with Gasteiger partial charge in [0.2, 0.25) is 5.91 Å². The summed E-state index contributed by atoms with van der Waals surface area (Å²) in [5.74, 6) is 0.323. The van der Waals surface area contributed by atoms with Crippen molar-refractivity contribution in [1.82, 2.24) is 10.1 Å². The highest BCUT2D eigenvalue weighted by Crippen LogP contribution is 2.19. The van der Waals surface area contributed by atoms with Crippen LogP contribution in [0.2, 0.25) is 0 Å². The van der Waals surface area contributed by atoms with Crippen molar-refractivity contribution >= 4 is 23.6 Å². The zero-order chi connectivity index (χ0) is 15.1. The molecule has 1 rings (SSSR count). The molecule has 0 fully saturated rings. The van der Waals surface area contributed by atoms with Crippen LogP contribution < -0.4 is 0 Å². The zero-order valence-electron chi connectivity index (χ0n) is 11.6. The number of aliphatic carboxylic acids is 1. The van der Waals surface area contributed by atoms with Gasteiger partial charge in [-0.25, -0.2) is 0 Å². The summed E-state index contributed by atoms with van der Waals surface area (Å²) in [6, 6.07) is 0. The second-order valence-electron chi connectivity index (χ2n) is 4.25. The molecule has 0 aliphatic heterocycles. The Morgan fingerprint density at radius 3 is 2.70 bits per heavy atom. The van der Waals surface area contributed by atoms with E-state index in [2.05, 4.69) is 11.7 Å². The lowest BCUT2D eigenvalue weighted by Crippen LogP contribution is -2.36. The molecule has 1 heterocycles. The molecule has 1 N–H and O–H groups in total. The highest BCUT2D eigenvalue weighted by Gasteiger charge is 2.16. The van der Waals surface area contributed by atoms with Crippen molar-refractivity contribution in [2.75, 3.05) is 18.8 Å². The summed E-state index contributed by atoms with van der Waals surface area (Å²) in [6.07, 6.45) is 1.51. The van der Waals surface area contributed by atoms with E-state index in [1.165, 1.54) is 22.7 Å². The van der Waals surface area contributed by atoms with Crippen molar-refractivity contribution < 1.29 is 19.2 Å². The van der Waals surface area contributed by atoms with Crippen molar-refractivity contribution in [3.8, 4) is 0 Å². The molecular formula is C13H18N2O4S. The Morgan fingerprint density at radius 2 is 2.20 bits per heavy atom. The van der Waals surface area contributed by atoms with Crippen LogP contribution in [0.25, 0.3) is 0 Å². The number of thioether (sulfide) groups is 1. The summed E-state index contributed by atoms with van der Waals surface area (Å²) in [5, 5.41) is 12.6. The van der Waals surface area contributed by atoms with Gasteiger partial charge in [0.1, 0.15) is 12.3 Å². The van der Waals surface area contributed by atoms with E-state index < -0.39 is 5.97 Å². The summed E-state index contributed by atoms with van der Waals surface area (Å²) >= 11 is 1.41. The second-order valence-corrected chi connectivity index (χ2v) is 5.24. The van der Waals surface area contributed by atoms with Crippen LogP contribution in [-0.2, 0) is 15.3 Å². The van der Waals surface area contributed by atoms with Gasteiger partial charge in [0.25, 0.3) is 0 Å². The van der Waals surface area contributed by atoms with Crippen LogP contribution >= 0.6 is 11.8 Å². The van der Waals surface area contributed by atoms with Gasteiger partial charge in [-0.1, -0.05) is 11.2 Å². The number of hydrogen-bond donors (Lipinski definition) is 1. The summed E-state index contributed by atoms with van der Waals surface area (Å²) in [5.41, 5.74) is 1.80. The number of aromatic nitrogens is 1. The summed E-state index contributed by atoms with van der Waals surface area (Å²) in [4.78, 5) is 23.9. The molecule has 0 bridgehead atoms. The lowest BCUT2D eigenvalue weighted by atomic mass is 10.2. The molecule has 6 nitrogen and oxygen atoms in total. The van der Waals surface area contributed by atoms with Gasteiger partial charge in [-0.15, -0.1) is 18.3 Å². The summed E-state index contributed by atoms with van der Waals surface area (Å²) in [7, 11) is 0. The number of carboxylic acids is 1. The Labute approximate surface area is 121 Å². The highest BCUT2D eigenvalue weighted by molar-refractivity contribution is 7.99. The van der Waals surface area contributed by atoms with Gasteiger partial charge in [-0.05, 0) is 13.8 Å². The molecule has 0 aliphatic rings. The number of nitrogens with zero attached hydrogens (tertiary/aromatic N) is 2. The molecule has 0 unspecified atom stereocenters. The molecule has 20 heavy (non-hydrogen) atoms. The number of hydrogen-bond acceptors (Lipinski definition) is 5. The first-order chi connectivity index (χ1) is 9.45. The largest absolute Gasteiger partial charge is 0.480 e. The van der Waals surface area contributed by atoms with Crippen molar-refractivity contribution in [2.45, 2.75) is 19.6 Å². The quantitative estimate of drug-likeness (QED) is 0.734. The fourth-order valence-electron chi connectivity index (χ4n) is 1.61. The van der Waals surface area contributed by atoms with Crippen molar-refractivity contribution in [3.05, 3.63) is 29.7 Å². The lowest BCUT2D eigenvalue weighted by molar-refractivity contribution is -0.143. The Bertz CT molecular complexity index is 479. The molecule has 1 aromatic heterocycles. The van der Waals surface area contributed by atoms with E-state index in [1.807, 2.05) is 13.8 Å². The number of carbonyl (C=O) groups excluding carboxylic acids is 1. The minimum atomic E-state index is -1.03. The van der Waals surface area contributed by atoms with Crippen LogP contribution in [0.4, 0.5) is 0 Å². The van der Waals surface area contributed by atoms with Crippen LogP contribution in [0, 0.1) is 13.8 Å². The molecule has 0 saturated carbocycles. The number of amides is 1. The fourth-order valence-corrected chi connectivity index (χ4v) is 2.69. The van der Waals surface area contributed by atoms with Crippen LogP contribution in [0.15, 0.2) is 17.2 Å². The smallest absolute Gasteiger partial charge is 0.323 e. The van der Waals surface area contributed by atoms with E-state index in [9.17, 15) is 9.59 Å². The van der Waals surface area contributed by atoms with Gasteiger partial charge in [0, 0.05) is 17.9 Å². The third-order valence-corrected chi connectivity index (χ3v) is 3.63. The second kappa shape index (κ2) is 7.74. The van der Waals surface area contributed by atoms with E-state index in [4.69, 9.17) is 9.63 Å². The number of rotatable bonds is 8. The van der Waals surface area contributed by atoms with Crippen LogP contribution in [0.3, 0.4) is 0 Å². The van der Waals surface area contributed by atoms with Gasteiger partial charge in [-0.2, -0.15) is 0 Å². The fraction of sp³-hybridized carbons (Fsp3) is 0.462. The molecule has 0 aliphatic carbocycles. The summed E-state index contributed by atoms with van der Waals surface area (Å²) in [6.45, 7) is 7.12. The lowest BCUT2D eigenvalue weighted by Gasteiger charge is -2.18. The maximum atomic E-state index is 11.9. The first kappa shape index (κ1) is 16.3. The Hall–Kier alpha value is -1.76. The first-order valence-electron chi connectivity index (χ1n) is 6.05. The van der Waals surface area contributed by atoms with Gasteiger partial charge < -0.3 is 14.5 Å². The normalized spacial score (nSPS) is 10.3. The molecule has 0 atom stereocenters. The zero-order valence-corrected chi connectivity index (χ0v) is 12.4. The first-order valence-corrected chi connectivity index (χ1v) is 7.21. The molecule has 7 heteroatoms. The third-order valence-electron chi connectivity index (χ3n) is 2.68. The maximum Gasteiger partial charge on any atom is 0.323 e. The van der Waals surface area contributed by atoms with E-state index in [1.54, 1.807) is 0 Å². The molecule has 0 radical (unpaired) electrons.